The summed E-state index contributed by atoms with van der Waals surface area (Å²) in [7, 11) is 0. The Hall–Kier alpha value is -3.38. The van der Waals surface area contributed by atoms with Crippen LogP contribution >= 0.6 is 23.5 Å². The Labute approximate surface area is 214 Å². The van der Waals surface area contributed by atoms with E-state index in [-0.39, 0.29) is 0 Å². The summed E-state index contributed by atoms with van der Waals surface area (Å²) >= 11 is 3.44. The van der Waals surface area contributed by atoms with Gasteiger partial charge in [0.25, 0.3) is 0 Å². The van der Waals surface area contributed by atoms with E-state index in [1.54, 1.807) is 23.5 Å². The van der Waals surface area contributed by atoms with Gasteiger partial charge in [-0.1, -0.05) is 96.3 Å². The smallest absolute Gasteiger partial charge is 0.362 e. The molecule has 0 amide bonds. The lowest BCUT2D eigenvalue weighted by Crippen LogP contribution is -2.47. The molecule has 1 aliphatic heterocycles. The van der Waals surface area contributed by atoms with Crippen LogP contribution in [0, 0.1) is 0 Å². The van der Waals surface area contributed by atoms with E-state index in [0.717, 1.165) is 47.6 Å². The van der Waals surface area contributed by atoms with Crippen LogP contribution in [0.3, 0.4) is 0 Å². The molecule has 0 fully saturated rings. The Kier molecular flexibility index (Phi) is 6.13. The van der Waals surface area contributed by atoms with E-state index in [4.69, 9.17) is 0 Å². The second-order valence-corrected chi connectivity index (χ2v) is 10.5. The van der Waals surface area contributed by atoms with E-state index in [9.17, 15) is 5.02 Å². The number of hydrogen-bond acceptors (Lipinski definition) is 4. The quantitative estimate of drug-likeness (QED) is 0.273. The van der Waals surface area contributed by atoms with Crippen molar-refractivity contribution >= 4 is 58.4 Å². The maximum Gasteiger partial charge on any atom is 0.362 e. The van der Waals surface area contributed by atoms with Gasteiger partial charge >= 0.3 is 6.92 Å². The highest BCUT2D eigenvalue weighted by atomic mass is 32.2. The van der Waals surface area contributed by atoms with Crippen molar-refractivity contribution in [1.29, 1.82) is 0 Å². The number of anilines is 3. The van der Waals surface area contributed by atoms with Crippen LogP contribution in [-0.4, -0.2) is 11.9 Å². The zero-order valence-electron chi connectivity index (χ0n) is 18.9. The number of nitrogens with zero attached hydrogens (tertiary/aromatic N) is 1. The minimum atomic E-state index is -0.662. The Morgan fingerprint density at radius 3 is 1.83 bits per heavy atom. The minimum Gasteiger partial charge on any atom is -0.443 e. The molecule has 0 atom stereocenters. The first-order chi connectivity index (χ1) is 17.3. The monoisotopic (exact) mass is 487 g/mol. The zero-order chi connectivity index (χ0) is 23.6. The van der Waals surface area contributed by atoms with Crippen LogP contribution in [0.2, 0.25) is 0 Å². The first kappa shape index (κ1) is 22.1. The normalized spacial score (nSPS) is 12.1. The molecule has 5 aromatic carbocycles. The molecule has 6 rings (SSSR count). The molecule has 0 unspecified atom stereocenters. The standard InChI is InChI=1S/C30H22BNOS2/c33-31-26-18-10-11-19-27(26)35-29-21-24(20-28(30(29)31)34-25-16-8-3-9-17-25)32(22-12-4-1-5-13-22)23-14-6-2-7-15-23/h1-21,33H. The third kappa shape index (κ3) is 4.39. The maximum atomic E-state index is 11.5. The number of hydrogen-bond donors (Lipinski definition) is 1. The number of para-hydroxylation sites is 2. The van der Waals surface area contributed by atoms with Gasteiger partial charge in [0.05, 0.1) is 0 Å². The maximum absolute atomic E-state index is 11.5. The zero-order valence-corrected chi connectivity index (χ0v) is 20.5. The fourth-order valence-electron chi connectivity index (χ4n) is 4.44. The highest BCUT2D eigenvalue weighted by Gasteiger charge is 2.32. The molecule has 0 bridgehead atoms. The SMILES string of the molecule is OB1c2ccccc2Sc2cc(N(c3ccccc3)c3ccccc3)cc(Sc3ccccc3)c21. The third-order valence-electron chi connectivity index (χ3n) is 6.05. The molecule has 1 aliphatic rings. The molecular weight excluding hydrogens is 465 g/mol. The highest BCUT2D eigenvalue weighted by Crippen LogP contribution is 2.42. The van der Waals surface area contributed by atoms with Crippen LogP contribution in [0.4, 0.5) is 17.1 Å². The number of fused-ring (bicyclic) bond motifs is 2. The average molecular weight is 487 g/mol. The van der Waals surface area contributed by atoms with E-state index in [1.807, 2.05) is 36.4 Å². The summed E-state index contributed by atoms with van der Waals surface area (Å²) < 4.78 is 0. The van der Waals surface area contributed by atoms with E-state index < -0.39 is 6.92 Å². The summed E-state index contributed by atoms with van der Waals surface area (Å²) in [6.45, 7) is -0.662. The van der Waals surface area contributed by atoms with Gasteiger partial charge < -0.3 is 9.92 Å². The van der Waals surface area contributed by atoms with Crippen molar-refractivity contribution in [3.63, 3.8) is 0 Å². The molecule has 5 aromatic rings. The Morgan fingerprint density at radius 2 is 1.17 bits per heavy atom. The van der Waals surface area contributed by atoms with Crippen molar-refractivity contribution in [2.24, 2.45) is 0 Å². The molecule has 0 saturated heterocycles. The summed E-state index contributed by atoms with van der Waals surface area (Å²) in [5.41, 5.74) is 5.20. The summed E-state index contributed by atoms with van der Waals surface area (Å²) in [5, 5.41) is 11.5. The minimum absolute atomic E-state index is 0.662. The topological polar surface area (TPSA) is 23.5 Å². The van der Waals surface area contributed by atoms with Gasteiger partial charge in [0.2, 0.25) is 0 Å². The Bertz CT molecular complexity index is 1420. The second-order valence-electron chi connectivity index (χ2n) is 8.32. The number of benzene rings is 5. The van der Waals surface area contributed by atoms with Gasteiger partial charge in [-0.25, -0.2) is 0 Å². The molecule has 0 aliphatic carbocycles. The van der Waals surface area contributed by atoms with Crippen molar-refractivity contribution in [3.05, 3.63) is 127 Å². The van der Waals surface area contributed by atoms with Gasteiger partial charge in [0, 0.05) is 36.6 Å². The van der Waals surface area contributed by atoms with Crippen molar-refractivity contribution in [2.75, 3.05) is 4.90 Å². The Morgan fingerprint density at radius 1 is 0.600 bits per heavy atom. The number of rotatable bonds is 5. The first-order valence-electron chi connectivity index (χ1n) is 11.5. The van der Waals surface area contributed by atoms with Crippen LogP contribution in [0.1, 0.15) is 0 Å². The van der Waals surface area contributed by atoms with Crippen molar-refractivity contribution in [3.8, 4) is 0 Å². The Balaban J connectivity index is 1.55. The van der Waals surface area contributed by atoms with Gasteiger partial charge in [0.1, 0.15) is 0 Å². The predicted molar refractivity (Wildman–Crippen MR) is 149 cm³/mol. The average Bonchev–Trinajstić information content (AvgIpc) is 2.91. The fourth-order valence-corrected chi connectivity index (χ4v) is 6.76. The summed E-state index contributed by atoms with van der Waals surface area (Å²) in [6.07, 6.45) is 0. The molecule has 0 spiro atoms. The predicted octanol–water partition coefficient (Wildman–Crippen LogP) is 6.87. The van der Waals surface area contributed by atoms with E-state index >= 15 is 0 Å². The van der Waals surface area contributed by atoms with Crippen molar-refractivity contribution < 1.29 is 5.02 Å². The largest absolute Gasteiger partial charge is 0.443 e. The van der Waals surface area contributed by atoms with E-state index in [1.165, 1.54) is 0 Å². The van der Waals surface area contributed by atoms with Crippen molar-refractivity contribution in [2.45, 2.75) is 19.6 Å². The lowest BCUT2D eigenvalue weighted by atomic mass is 9.55. The van der Waals surface area contributed by atoms with Crippen LogP contribution < -0.4 is 15.8 Å². The van der Waals surface area contributed by atoms with Crippen LogP contribution in [-0.2, 0) is 0 Å². The summed E-state index contributed by atoms with van der Waals surface area (Å²) in [4.78, 5) is 6.68. The van der Waals surface area contributed by atoms with Crippen LogP contribution in [0.25, 0.3) is 0 Å². The highest BCUT2D eigenvalue weighted by molar-refractivity contribution is 8.01. The van der Waals surface area contributed by atoms with Crippen LogP contribution in [0.5, 0.6) is 0 Å². The lowest BCUT2D eigenvalue weighted by Gasteiger charge is -2.30. The molecule has 0 saturated carbocycles. The first-order valence-corrected chi connectivity index (χ1v) is 13.2. The van der Waals surface area contributed by atoms with Crippen LogP contribution in [0.15, 0.2) is 147 Å². The van der Waals surface area contributed by atoms with Gasteiger partial charge in [-0.3, -0.25) is 0 Å². The molecule has 5 heteroatoms. The summed E-state index contributed by atoms with van der Waals surface area (Å²) in [5.74, 6) is 0. The van der Waals surface area contributed by atoms with E-state index in [0.29, 0.717) is 0 Å². The molecule has 0 radical (unpaired) electrons. The second kappa shape index (κ2) is 9.71. The van der Waals surface area contributed by atoms with Gasteiger partial charge in [-0.2, -0.15) is 0 Å². The molecule has 168 valence electrons. The molecule has 1 heterocycles. The third-order valence-corrected chi connectivity index (χ3v) is 8.27. The molecular formula is C30H22BNOS2. The lowest BCUT2D eigenvalue weighted by molar-refractivity contribution is 0.597. The summed E-state index contributed by atoms with van der Waals surface area (Å²) in [6, 6.07) is 43.8. The molecule has 35 heavy (non-hydrogen) atoms. The molecule has 1 N–H and O–H groups in total. The van der Waals surface area contributed by atoms with E-state index in [2.05, 4.69) is 95.9 Å². The molecule has 0 aromatic heterocycles. The molecule has 2 nitrogen and oxygen atoms in total. The van der Waals surface area contributed by atoms with Crippen molar-refractivity contribution in [1.82, 2.24) is 0 Å². The van der Waals surface area contributed by atoms with Gasteiger partial charge in [-0.15, -0.1) is 0 Å². The van der Waals surface area contributed by atoms with Gasteiger partial charge in [0.15, 0.2) is 0 Å². The van der Waals surface area contributed by atoms with Gasteiger partial charge in [-0.05, 0) is 65.5 Å². The fraction of sp³-hybridized carbons (Fsp3) is 0.